The first-order valence-corrected chi connectivity index (χ1v) is 6.36. The zero-order valence-electron chi connectivity index (χ0n) is 10.6. The Balaban J connectivity index is 2.24. The molecule has 1 aromatic carbocycles. The predicted molar refractivity (Wildman–Crippen MR) is 69.3 cm³/mol. The summed E-state index contributed by atoms with van der Waals surface area (Å²) in [4.78, 5) is 2.31. The van der Waals surface area contributed by atoms with Crippen molar-refractivity contribution in [2.75, 3.05) is 24.6 Å². The smallest absolute Gasteiger partial charge is 0.0807 e. The van der Waals surface area contributed by atoms with Gasteiger partial charge in [-0.15, -0.1) is 0 Å². The second-order valence-corrected chi connectivity index (χ2v) is 4.61. The average molecular weight is 235 g/mol. The van der Waals surface area contributed by atoms with Crippen molar-refractivity contribution in [3.8, 4) is 0 Å². The molecule has 1 aliphatic heterocycles. The van der Waals surface area contributed by atoms with E-state index < -0.39 is 0 Å². The number of hydrogen-bond acceptors (Lipinski definition) is 3. The van der Waals surface area contributed by atoms with Crippen molar-refractivity contribution < 1.29 is 9.84 Å². The number of rotatable bonds is 3. The van der Waals surface area contributed by atoms with E-state index in [1.807, 2.05) is 25.1 Å². The van der Waals surface area contributed by atoms with Gasteiger partial charge in [-0.3, -0.25) is 0 Å². The minimum Gasteiger partial charge on any atom is -0.388 e. The Morgan fingerprint density at radius 1 is 1.47 bits per heavy atom. The van der Waals surface area contributed by atoms with Crippen LogP contribution in [-0.4, -0.2) is 30.9 Å². The number of para-hydroxylation sites is 1. The van der Waals surface area contributed by atoms with Crippen LogP contribution in [0.4, 0.5) is 5.69 Å². The van der Waals surface area contributed by atoms with E-state index >= 15 is 0 Å². The van der Waals surface area contributed by atoms with Crippen molar-refractivity contribution in [2.45, 2.75) is 32.5 Å². The van der Waals surface area contributed by atoms with Crippen molar-refractivity contribution in [3.05, 3.63) is 29.8 Å². The van der Waals surface area contributed by atoms with E-state index in [0.717, 1.165) is 37.4 Å². The van der Waals surface area contributed by atoms with Crippen molar-refractivity contribution in [3.63, 3.8) is 0 Å². The first-order chi connectivity index (χ1) is 8.22. The van der Waals surface area contributed by atoms with Crippen molar-refractivity contribution in [1.29, 1.82) is 0 Å². The van der Waals surface area contributed by atoms with Crippen LogP contribution in [0.1, 0.15) is 31.9 Å². The van der Waals surface area contributed by atoms with E-state index in [-0.39, 0.29) is 12.2 Å². The number of nitrogens with zero attached hydrogens (tertiary/aromatic N) is 1. The standard InChI is InChI=1S/C14H21NO2/c1-3-14(16)12-6-4-5-7-13(12)15-8-9-17-11(2)10-15/h4-7,11,14,16H,3,8-10H2,1-2H3/t11?,14-/m1/s1. The number of benzene rings is 1. The molecule has 0 aromatic heterocycles. The number of aliphatic hydroxyl groups is 1. The summed E-state index contributed by atoms with van der Waals surface area (Å²) in [6.07, 6.45) is 0.636. The molecule has 1 fully saturated rings. The number of anilines is 1. The summed E-state index contributed by atoms with van der Waals surface area (Å²) in [6, 6.07) is 8.12. The largest absolute Gasteiger partial charge is 0.388 e. The monoisotopic (exact) mass is 235 g/mol. The van der Waals surface area contributed by atoms with Gasteiger partial charge in [0.2, 0.25) is 0 Å². The highest BCUT2D eigenvalue weighted by Gasteiger charge is 2.20. The van der Waals surface area contributed by atoms with Crippen LogP contribution in [0.3, 0.4) is 0 Å². The molecule has 3 heteroatoms. The lowest BCUT2D eigenvalue weighted by atomic mass is 10.0. The van der Waals surface area contributed by atoms with Crippen LogP contribution >= 0.6 is 0 Å². The van der Waals surface area contributed by atoms with E-state index in [1.165, 1.54) is 0 Å². The molecule has 0 amide bonds. The highest BCUT2D eigenvalue weighted by molar-refractivity contribution is 5.55. The van der Waals surface area contributed by atoms with E-state index in [4.69, 9.17) is 4.74 Å². The predicted octanol–water partition coefficient (Wildman–Crippen LogP) is 2.36. The minimum absolute atomic E-state index is 0.260. The second kappa shape index (κ2) is 5.52. The summed E-state index contributed by atoms with van der Waals surface area (Å²) >= 11 is 0. The summed E-state index contributed by atoms with van der Waals surface area (Å²) in [7, 11) is 0. The zero-order chi connectivity index (χ0) is 12.3. The van der Waals surface area contributed by atoms with Crippen LogP contribution in [-0.2, 0) is 4.74 Å². The summed E-state index contributed by atoms with van der Waals surface area (Å²) in [5.74, 6) is 0. The van der Waals surface area contributed by atoms with Crippen LogP contribution in [0.25, 0.3) is 0 Å². The lowest BCUT2D eigenvalue weighted by Crippen LogP contribution is -2.41. The minimum atomic E-state index is -0.371. The Hall–Kier alpha value is -1.06. The third kappa shape index (κ3) is 2.79. The van der Waals surface area contributed by atoms with Crippen molar-refractivity contribution in [2.24, 2.45) is 0 Å². The van der Waals surface area contributed by atoms with E-state index in [0.29, 0.717) is 0 Å². The molecule has 0 aliphatic carbocycles. The zero-order valence-corrected chi connectivity index (χ0v) is 10.6. The highest BCUT2D eigenvalue weighted by atomic mass is 16.5. The van der Waals surface area contributed by atoms with E-state index in [9.17, 15) is 5.11 Å². The molecule has 0 bridgehead atoms. The molecule has 0 radical (unpaired) electrons. The molecule has 1 aromatic rings. The van der Waals surface area contributed by atoms with Crippen LogP contribution in [0.2, 0.25) is 0 Å². The van der Waals surface area contributed by atoms with Gasteiger partial charge >= 0.3 is 0 Å². The van der Waals surface area contributed by atoms with Gasteiger partial charge in [0.05, 0.1) is 18.8 Å². The average Bonchev–Trinajstić information content (AvgIpc) is 2.38. The third-order valence-electron chi connectivity index (χ3n) is 3.26. The first-order valence-electron chi connectivity index (χ1n) is 6.36. The Kier molecular flexibility index (Phi) is 4.02. The van der Waals surface area contributed by atoms with Crippen LogP contribution in [0.5, 0.6) is 0 Å². The van der Waals surface area contributed by atoms with E-state index in [1.54, 1.807) is 0 Å². The van der Waals surface area contributed by atoms with Crippen molar-refractivity contribution in [1.82, 2.24) is 0 Å². The third-order valence-corrected chi connectivity index (χ3v) is 3.26. The molecule has 3 nitrogen and oxygen atoms in total. The Labute approximate surface area is 103 Å². The quantitative estimate of drug-likeness (QED) is 0.873. The summed E-state index contributed by atoms with van der Waals surface area (Å²) in [5, 5.41) is 10.0. The number of ether oxygens (including phenoxy) is 1. The molecule has 2 rings (SSSR count). The lowest BCUT2D eigenvalue weighted by molar-refractivity contribution is 0.0529. The van der Waals surface area contributed by atoms with E-state index in [2.05, 4.69) is 17.9 Å². The Morgan fingerprint density at radius 2 is 2.24 bits per heavy atom. The van der Waals surface area contributed by atoms with Gasteiger partial charge in [-0.05, 0) is 19.4 Å². The fourth-order valence-electron chi connectivity index (χ4n) is 2.31. The fourth-order valence-corrected chi connectivity index (χ4v) is 2.31. The number of hydrogen-bond donors (Lipinski definition) is 1. The lowest BCUT2D eigenvalue weighted by Gasteiger charge is -2.34. The summed E-state index contributed by atoms with van der Waals surface area (Å²) < 4.78 is 5.55. The molecule has 17 heavy (non-hydrogen) atoms. The van der Waals surface area contributed by atoms with Gasteiger partial charge in [0.15, 0.2) is 0 Å². The van der Waals surface area contributed by atoms with Crippen molar-refractivity contribution >= 4 is 5.69 Å². The summed E-state index contributed by atoms with van der Waals surface area (Å²) in [5.41, 5.74) is 2.18. The molecule has 1 aliphatic rings. The van der Waals surface area contributed by atoms with Crippen LogP contribution in [0, 0.1) is 0 Å². The van der Waals surface area contributed by atoms with Gasteiger partial charge < -0.3 is 14.7 Å². The maximum atomic E-state index is 10.0. The molecule has 1 saturated heterocycles. The molecule has 1 heterocycles. The van der Waals surface area contributed by atoms with Gasteiger partial charge in [0.25, 0.3) is 0 Å². The SMILES string of the molecule is CC[C@@H](O)c1ccccc1N1CCOC(C)C1. The molecule has 0 spiro atoms. The second-order valence-electron chi connectivity index (χ2n) is 4.61. The summed E-state index contributed by atoms with van der Waals surface area (Å²) in [6.45, 7) is 6.65. The van der Waals surface area contributed by atoms with Gasteiger partial charge in [0, 0.05) is 24.3 Å². The Morgan fingerprint density at radius 3 is 2.94 bits per heavy atom. The molecule has 0 saturated carbocycles. The molecule has 1 N–H and O–H groups in total. The molecule has 2 atom stereocenters. The van der Waals surface area contributed by atoms with Gasteiger partial charge in [-0.25, -0.2) is 0 Å². The molecule has 1 unspecified atom stereocenters. The highest BCUT2D eigenvalue weighted by Crippen LogP contribution is 2.29. The molecular weight excluding hydrogens is 214 g/mol. The van der Waals surface area contributed by atoms with Gasteiger partial charge in [0.1, 0.15) is 0 Å². The topological polar surface area (TPSA) is 32.7 Å². The maximum Gasteiger partial charge on any atom is 0.0807 e. The van der Waals surface area contributed by atoms with Crippen LogP contribution in [0.15, 0.2) is 24.3 Å². The Bertz CT molecular complexity index is 367. The van der Waals surface area contributed by atoms with Gasteiger partial charge in [-0.1, -0.05) is 25.1 Å². The number of morpholine rings is 1. The maximum absolute atomic E-state index is 10.0. The van der Waals surface area contributed by atoms with Crippen LogP contribution < -0.4 is 4.90 Å². The van der Waals surface area contributed by atoms with Gasteiger partial charge in [-0.2, -0.15) is 0 Å². The molecule has 94 valence electrons. The fraction of sp³-hybridized carbons (Fsp3) is 0.571. The normalized spacial score (nSPS) is 22.5. The molecular formula is C14H21NO2. The first kappa shape index (κ1) is 12.4. The number of aliphatic hydroxyl groups excluding tert-OH is 1.